The number of hydrogen-bond donors (Lipinski definition) is 2. The fourth-order valence-electron chi connectivity index (χ4n) is 1.78. The van der Waals surface area contributed by atoms with Crippen LogP contribution in [0.1, 0.15) is 5.56 Å². The average Bonchev–Trinajstić information content (AvgIpc) is 2.45. The molecule has 0 aliphatic rings. The highest BCUT2D eigenvalue weighted by Gasteiger charge is 2.08. The van der Waals surface area contributed by atoms with E-state index >= 15 is 0 Å². The first-order valence-electron chi connectivity index (χ1n) is 6.06. The average molecular weight is 242 g/mol. The predicted molar refractivity (Wildman–Crippen MR) is 73.2 cm³/mol. The number of benzene rings is 2. The summed E-state index contributed by atoms with van der Waals surface area (Å²) in [5, 5.41) is 0. The number of rotatable bonds is 6. The molecule has 0 aliphatic carbocycles. The molecule has 0 heterocycles. The van der Waals surface area contributed by atoms with Crippen molar-refractivity contribution in [1.82, 2.24) is 5.43 Å². The molecule has 0 aromatic heterocycles. The lowest BCUT2D eigenvalue weighted by atomic mass is 10.1. The zero-order valence-corrected chi connectivity index (χ0v) is 10.3. The molecule has 94 valence electrons. The lowest BCUT2D eigenvalue weighted by Gasteiger charge is -2.16. The van der Waals surface area contributed by atoms with Crippen LogP contribution >= 0.6 is 0 Å². The van der Waals surface area contributed by atoms with Crippen LogP contribution in [0.5, 0.6) is 5.75 Å². The monoisotopic (exact) mass is 242 g/mol. The van der Waals surface area contributed by atoms with Crippen molar-refractivity contribution >= 4 is 0 Å². The zero-order valence-electron chi connectivity index (χ0n) is 10.3. The van der Waals surface area contributed by atoms with E-state index in [4.69, 9.17) is 10.6 Å². The van der Waals surface area contributed by atoms with Gasteiger partial charge in [0, 0.05) is 0 Å². The number of hydrogen-bond acceptors (Lipinski definition) is 3. The summed E-state index contributed by atoms with van der Waals surface area (Å²) in [4.78, 5) is 0. The fourth-order valence-corrected chi connectivity index (χ4v) is 1.78. The Bertz CT molecular complexity index is 445. The maximum atomic E-state index is 5.69. The van der Waals surface area contributed by atoms with Crippen LogP contribution in [-0.4, -0.2) is 12.6 Å². The van der Waals surface area contributed by atoms with Crippen LogP contribution in [0.2, 0.25) is 0 Å². The third-order valence-electron chi connectivity index (χ3n) is 2.76. The van der Waals surface area contributed by atoms with E-state index in [1.807, 2.05) is 48.5 Å². The van der Waals surface area contributed by atoms with Crippen molar-refractivity contribution in [1.29, 1.82) is 0 Å². The quantitative estimate of drug-likeness (QED) is 0.602. The lowest BCUT2D eigenvalue weighted by Crippen LogP contribution is -2.41. The van der Waals surface area contributed by atoms with Crippen LogP contribution in [-0.2, 0) is 6.42 Å². The van der Waals surface area contributed by atoms with Crippen LogP contribution < -0.4 is 16.0 Å². The van der Waals surface area contributed by atoms with Gasteiger partial charge in [-0.05, 0) is 24.1 Å². The first kappa shape index (κ1) is 12.6. The largest absolute Gasteiger partial charge is 0.492 e. The second kappa shape index (κ2) is 6.79. The molecule has 0 amide bonds. The third kappa shape index (κ3) is 3.87. The molecule has 0 aliphatic heterocycles. The normalized spacial score (nSPS) is 12.1. The van der Waals surface area contributed by atoms with Gasteiger partial charge < -0.3 is 4.74 Å². The lowest BCUT2D eigenvalue weighted by molar-refractivity contribution is 0.264. The summed E-state index contributed by atoms with van der Waals surface area (Å²) in [5.74, 6) is 6.42. The highest BCUT2D eigenvalue weighted by molar-refractivity contribution is 5.21. The van der Waals surface area contributed by atoms with Crippen molar-refractivity contribution in [2.24, 2.45) is 5.84 Å². The first-order valence-corrected chi connectivity index (χ1v) is 6.06. The Balaban J connectivity index is 1.86. The van der Waals surface area contributed by atoms with Crippen molar-refractivity contribution in [3.8, 4) is 5.75 Å². The van der Waals surface area contributed by atoms with Gasteiger partial charge in [-0.15, -0.1) is 0 Å². The summed E-state index contributed by atoms with van der Waals surface area (Å²) in [5.41, 5.74) is 4.04. The van der Waals surface area contributed by atoms with Crippen LogP contribution in [0.25, 0.3) is 0 Å². The molecule has 1 atom stereocenters. The van der Waals surface area contributed by atoms with E-state index in [1.165, 1.54) is 5.56 Å². The summed E-state index contributed by atoms with van der Waals surface area (Å²) in [6.45, 7) is 0.551. The molecule has 0 saturated carbocycles. The molecule has 2 aromatic carbocycles. The molecule has 0 saturated heterocycles. The van der Waals surface area contributed by atoms with Gasteiger partial charge in [-0.3, -0.25) is 11.3 Å². The Kier molecular flexibility index (Phi) is 4.76. The molecule has 18 heavy (non-hydrogen) atoms. The standard InChI is InChI=1S/C15H18N2O/c16-17-14(11-13-7-3-1-4-8-13)12-18-15-9-5-2-6-10-15/h1-10,14,17H,11-12,16H2. The van der Waals surface area contributed by atoms with Gasteiger partial charge in [0.25, 0.3) is 0 Å². The predicted octanol–water partition coefficient (Wildman–Crippen LogP) is 2.14. The maximum Gasteiger partial charge on any atom is 0.119 e. The van der Waals surface area contributed by atoms with E-state index in [2.05, 4.69) is 17.6 Å². The minimum absolute atomic E-state index is 0.104. The number of nitrogens with one attached hydrogen (secondary N) is 1. The van der Waals surface area contributed by atoms with Crippen LogP contribution in [0, 0.1) is 0 Å². The Morgan fingerprint density at radius 2 is 1.56 bits per heavy atom. The molecule has 2 rings (SSSR count). The van der Waals surface area contributed by atoms with E-state index in [-0.39, 0.29) is 6.04 Å². The van der Waals surface area contributed by atoms with E-state index in [0.29, 0.717) is 6.61 Å². The van der Waals surface area contributed by atoms with Crippen molar-refractivity contribution in [2.75, 3.05) is 6.61 Å². The molecule has 0 fully saturated rings. The summed E-state index contributed by atoms with van der Waals surface area (Å²) in [6.07, 6.45) is 0.851. The van der Waals surface area contributed by atoms with E-state index in [1.54, 1.807) is 0 Å². The molecule has 3 nitrogen and oxygen atoms in total. The number of para-hydroxylation sites is 1. The topological polar surface area (TPSA) is 47.3 Å². The van der Waals surface area contributed by atoms with Crippen molar-refractivity contribution in [3.63, 3.8) is 0 Å². The second-order valence-electron chi connectivity index (χ2n) is 4.18. The molecule has 0 spiro atoms. The van der Waals surface area contributed by atoms with Gasteiger partial charge in [0.15, 0.2) is 0 Å². The number of ether oxygens (including phenoxy) is 1. The third-order valence-corrected chi connectivity index (χ3v) is 2.76. The van der Waals surface area contributed by atoms with Gasteiger partial charge in [-0.1, -0.05) is 48.5 Å². The minimum atomic E-state index is 0.104. The fraction of sp³-hybridized carbons (Fsp3) is 0.200. The van der Waals surface area contributed by atoms with Crippen LogP contribution in [0.3, 0.4) is 0 Å². The Labute approximate surface area is 108 Å². The van der Waals surface area contributed by atoms with E-state index in [9.17, 15) is 0 Å². The Morgan fingerprint density at radius 1 is 0.944 bits per heavy atom. The van der Waals surface area contributed by atoms with Gasteiger partial charge in [-0.2, -0.15) is 0 Å². The highest BCUT2D eigenvalue weighted by Crippen LogP contribution is 2.10. The van der Waals surface area contributed by atoms with Crippen LogP contribution in [0.4, 0.5) is 0 Å². The summed E-state index contributed by atoms with van der Waals surface area (Å²) < 4.78 is 5.69. The van der Waals surface area contributed by atoms with Gasteiger partial charge >= 0.3 is 0 Å². The summed E-state index contributed by atoms with van der Waals surface area (Å²) in [7, 11) is 0. The maximum absolute atomic E-state index is 5.69. The SMILES string of the molecule is NNC(COc1ccccc1)Cc1ccccc1. The molecular formula is C15H18N2O. The Hall–Kier alpha value is -1.84. The van der Waals surface area contributed by atoms with Crippen LogP contribution in [0.15, 0.2) is 60.7 Å². The Morgan fingerprint density at radius 3 is 2.17 bits per heavy atom. The van der Waals surface area contributed by atoms with E-state index < -0.39 is 0 Å². The molecule has 2 aromatic rings. The smallest absolute Gasteiger partial charge is 0.119 e. The zero-order chi connectivity index (χ0) is 12.6. The van der Waals surface area contributed by atoms with Crippen molar-refractivity contribution in [3.05, 3.63) is 66.2 Å². The molecule has 0 radical (unpaired) electrons. The minimum Gasteiger partial charge on any atom is -0.492 e. The summed E-state index contributed by atoms with van der Waals surface area (Å²) >= 11 is 0. The molecule has 3 N–H and O–H groups in total. The van der Waals surface area contributed by atoms with Gasteiger partial charge in [0.05, 0.1) is 6.04 Å². The molecule has 0 bridgehead atoms. The number of nitrogens with two attached hydrogens (primary N) is 1. The summed E-state index contributed by atoms with van der Waals surface area (Å²) in [6, 6.07) is 20.1. The van der Waals surface area contributed by atoms with Gasteiger partial charge in [0.2, 0.25) is 0 Å². The van der Waals surface area contributed by atoms with Gasteiger partial charge in [-0.25, -0.2) is 0 Å². The molecule has 1 unspecified atom stereocenters. The number of hydrazine groups is 1. The van der Waals surface area contributed by atoms with E-state index in [0.717, 1.165) is 12.2 Å². The van der Waals surface area contributed by atoms with Crippen molar-refractivity contribution < 1.29 is 4.74 Å². The second-order valence-corrected chi connectivity index (χ2v) is 4.18. The van der Waals surface area contributed by atoms with Gasteiger partial charge in [0.1, 0.15) is 12.4 Å². The molecular weight excluding hydrogens is 224 g/mol. The van der Waals surface area contributed by atoms with Crippen molar-refractivity contribution in [2.45, 2.75) is 12.5 Å². The first-order chi connectivity index (χ1) is 8.88. The molecule has 3 heteroatoms. The highest BCUT2D eigenvalue weighted by atomic mass is 16.5.